The predicted molar refractivity (Wildman–Crippen MR) is 107 cm³/mol. The van der Waals surface area contributed by atoms with Gasteiger partial charge in [0.15, 0.2) is 0 Å². The van der Waals surface area contributed by atoms with Gasteiger partial charge in [-0.2, -0.15) is 0 Å². The number of carbonyl (C=O) groups is 2. The van der Waals surface area contributed by atoms with Crippen LogP contribution in [-0.2, 0) is 11.2 Å². The molecular formula is C21H27N3O2. The molecule has 0 heterocycles. The maximum atomic E-state index is 12.6. The van der Waals surface area contributed by atoms with Gasteiger partial charge in [-0.25, -0.2) is 0 Å². The van der Waals surface area contributed by atoms with Gasteiger partial charge in [-0.1, -0.05) is 44.2 Å². The van der Waals surface area contributed by atoms with Crippen molar-refractivity contribution in [1.29, 1.82) is 0 Å². The molecule has 0 saturated heterocycles. The van der Waals surface area contributed by atoms with E-state index in [1.807, 2.05) is 75.3 Å². The minimum atomic E-state index is -0.137. The van der Waals surface area contributed by atoms with E-state index in [1.54, 1.807) is 6.07 Å². The van der Waals surface area contributed by atoms with E-state index in [9.17, 15) is 9.59 Å². The smallest absolute Gasteiger partial charge is 0.253 e. The molecule has 0 saturated carbocycles. The van der Waals surface area contributed by atoms with Crippen molar-refractivity contribution in [2.45, 2.75) is 20.3 Å². The summed E-state index contributed by atoms with van der Waals surface area (Å²) >= 11 is 0. The number of nitrogens with zero attached hydrogens (tertiary/aromatic N) is 1. The van der Waals surface area contributed by atoms with Gasteiger partial charge < -0.3 is 15.5 Å². The van der Waals surface area contributed by atoms with E-state index in [0.717, 1.165) is 11.3 Å². The highest BCUT2D eigenvalue weighted by Gasteiger charge is 2.15. The average Bonchev–Trinajstić information content (AvgIpc) is 2.60. The average molecular weight is 353 g/mol. The van der Waals surface area contributed by atoms with Crippen LogP contribution in [0.25, 0.3) is 0 Å². The van der Waals surface area contributed by atoms with Gasteiger partial charge in [0, 0.05) is 32.0 Å². The highest BCUT2D eigenvalue weighted by atomic mass is 16.2. The van der Waals surface area contributed by atoms with Crippen LogP contribution in [0.4, 0.5) is 11.4 Å². The van der Waals surface area contributed by atoms with Crippen LogP contribution < -0.4 is 15.5 Å². The van der Waals surface area contributed by atoms with E-state index in [0.29, 0.717) is 30.1 Å². The molecule has 5 heteroatoms. The number of carbonyl (C=O) groups excluding carboxylic acids is 2. The summed E-state index contributed by atoms with van der Waals surface area (Å²) in [5.74, 6) is 0.124. The van der Waals surface area contributed by atoms with Gasteiger partial charge in [0.1, 0.15) is 0 Å². The van der Waals surface area contributed by atoms with E-state index in [-0.39, 0.29) is 11.8 Å². The first kappa shape index (κ1) is 19.5. The van der Waals surface area contributed by atoms with Crippen LogP contribution in [0, 0.1) is 5.92 Å². The molecule has 5 nitrogen and oxygen atoms in total. The first-order valence-corrected chi connectivity index (χ1v) is 8.80. The van der Waals surface area contributed by atoms with Crippen molar-refractivity contribution in [3.05, 3.63) is 59.7 Å². The van der Waals surface area contributed by atoms with Gasteiger partial charge in [0.25, 0.3) is 5.91 Å². The zero-order chi connectivity index (χ0) is 19.1. The van der Waals surface area contributed by atoms with Gasteiger partial charge in [-0.3, -0.25) is 9.59 Å². The Balaban J connectivity index is 2.15. The third kappa shape index (κ3) is 5.62. The Morgan fingerprint density at radius 2 is 1.73 bits per heavy atom. The van der Waals surface area contributed by atoms with Crippen molar-refractivity contribution in [3.8, 4) is 0 Å². The van der Waals surface area contributed by atoms with Crippen LogP contribution in [0.15, 0.2) is 48.5 Å². The Bertz CT molecular complexity index is 755. The molecule has 0 bridgehead atoms. The van der Waals surface area contributed by atoms with E-state index < -0.39 is 0 Å². The Hall–Kier alpha value is -2.82. The molecule has 0 atom stereocenters. The number of amides is 2. The predicted octanol–water partition coefficient (Wildman–Crippen LogP) is 3.32. The molecule has 0 spiro atoms. The molecule has 0 radical (unpaired) electrons. The van der Waals surface area contributed by atoms with Gasteiger partial charge >= 0.3 is 0 Å². The fraction of sp³-hybridized carbons (Fsp3) is 0.333. The minimum Gasteiger partial charge on any atom is -0.377 e. The first-order valence-electron chi connectivity index (χ1n) is 8.80. The number of benzene rings is 2. The molecule has 2 aromatic rings. The van der Waals surface area contributed by atoms with E-state index >= 15 is 0 Å². The van der Waals surface area contributed by atoms with Crippen molar-refractivity contribution >= 4 is 23.2 Å². The summed E-state index contributed by atoms with van der Waals surface area (Å²) in [5.41, 5.74) is 2.93. The molecule has 2 amide bonds. The lowest BCUT2D eigenvalue weighted by atomic mass is 10.1. The van der Waals surface area contributed by atoms with E-state index in [4.69, 9.17) is 0 Å². The zero-order valence-electron chi connectivity index (χ0n) is 15.9. The fourth-order valence-corrected chi connectivity index (χ4v) is 2.56. The largest absolute Gasteiger partial charge is 0.377 e. The summed E-state index contributed by atoms with van der Waals surface area (Å²) in [4.78, 5) is 26.7. The molecule has 0 aromatic heterocycles. The van der Waals surface area contributed by atoms with Crippen molar-refractivity contribution in [1.82, 2.24) is 5.32 Å². The molecule has 2 N–H and O–H groups in total. The molecule has 138 valence electrons. The minimum absolute atomic E-state index is 0.109. The number of anilines is 2. The van der Waals surface area contributed by atoms with Crippen molar-refractivity contribution < 1.29 is 9.59 Å². The SMILES string of the molecule is CC(C)CNC(=O)c1cc(NC(=O)Cc2ccccc2)ccc1N(C)C. The summed E-state index contributed by atoms with van der Waals surface area (Å²) in [6.45, 7) is 4.71. The Morgan fingerprint density at radius 3 is 2.35 bits per heavy atom. The maximum Gasteiger partial charge on any atom is 0.253 e. The third-order valence-electron chi connectivity index (χ3n) is 3.89. The second-order valence-electron chi connectivity index (χ2n) is 6.94. The monoisotopic (exact) mass is 353 g/mol. The van der Waals surface area contributed by atoms with Crippen LogP contribution >= 0.6 is 0 Å². The normalized spacial score (nSPS) is 10.5. The molecule has 2 aromatic carbocycles. The summed E-state index contributed by atoms with van der Waals surface area (Å²) in [6.07, 6.45) is 0.297. The summed E-state index contributed by atoms with van der Waals surface area (Å²) in [5, 5.41) is 5.81. The second kappa shape index (κ2) is 9.04. The van der Waals surface area contributed by atoms with Gasteiger partial charge in [0.05, 0.1) is 12.0 Å². The molecule has 0 unspecified atom stereocenters. The lowest BCUT2D eigenvalue weighted by Gasteiger charge is -2.19. The Kier molecular flexibility index (Phi) is 6.78. The topological polar surface area (TPSA) is 61.4 Å². The lowest BCUT2D eigenvalue weighted by Crippen LogP contribution is -2.29. The first-order chi connectivity index (χ1) is 12.4. The Morgan fingerprint density at radius 1 is 1.04 bits per heavy atom. The number of rotatable bonds is 7. The Labute approximate surface area is 155 Å². The second-order valence-corrected chi connectivity index (χ2v) is 6.94. The van der Waals surface area contributed by atoms with Crippen molar-refractivity contribution in [3.63, 3.8) is 0 Å². The van der Waals surface area contributed by atoms with Crippen molar-refractivity contribution in [2.24, 2.45) is 5.92 Å². The highest BCUT2D eigenvalue weighted by Crippen LogP contribution is 2.23. The highest BCUT2D eigenvalue weighted by molar-refractivity contribution is 6.02. The van der Waals surface area contributed by atoms with Crippen LogP contribution in [0.5, 0.6) is 0 Å². The van der Waals surface area contributed by atoms with Gasteiger partial charge in [-0.05, 0) is 29.7 Å². The molecule has 2 rings (SSSR count). The number of nitrogens with one attached hydrogen (secondary N) is 2. The number of hydrogen-bond acceptors (Lipinski definition) is 3. The molecule has 0 fully saturated rings. The molecular weight excluding hydrogens is 326 g/mol. The van der Waals surface area contributed by atoms with Crippen LogP contribution in [0.1, 0.15) is 29.8 Å². The quantitative estimate of drug-likeness (QED) is 0.803. The molecule has 26 heavy (non-hydrogen) atoms. The van der Waals surface area contributed by atoms with Crippen LogP contribution in [0.2, 0.25) is 0 Å². The maximum absolute atomic E-state index is 12.6. The molecule has 0 aliphatic carbocycles. The lowest BCUT2D eigenvalue weighted by molar-refractivity contribution is -0.115. The van der Waals surface area contributed by atoms with E-state index in [1.165, 1.54) is 0 Å². The molecule has 0 aliphatic rings. The van der Waals surface area contributed by atoms with Crippen molar-refractivity contribution in [2.75, 3.05) is 30.9 Å². The zero-order valence-corrected chi connectivity index (χ0v) is 15.9. The van der Waals surface area contributed by atoms with Gasteiger partial charge in [0.2, 0.25) is 5.91 Å². The molecule has 0 aliphatic heterocycles. The standard InChI is InChI=1S/C21H27N3O2/c1-15(2)14-22-21(26)18-13-17(10-11-19(18)24(3)4)23-20(25)12-16-8-6-5-7-9-16/h5-11,13,15H,12,14H2,1-4H3,(H,22,26)(H,23,25). The summed E-state index contributed by atoms with van der Waals surface area (Å²) in [7, 11) is 3.78. The summed E-state index contributed by atoms with van der Waals surface area (Å²) in [6, 6.07) is 15.0. The fourth-order valence-electron chi connectivity index (χ4n) is 2.56. The van der Waals surface area contributed by atoms with E-state index in [2.05, 4.69) is 10.6 Å². The summed E-state index contributed by atoms with van der Waals surface area (Å²) < 4.78 is 0. The number of hydrogen-bond donors (Lipinski definition) is 2. The third-order valence-corrected chi connectivity index (χ3v) is 3.89. The van der Waals surface area contributed by atoms with Crippen LogP contribution in [0.3, 0.4) is 0 Å². The van der Waals surface area contributed by atoms with Crippen LogP contribution in [-0.4, -0.2) is 32.5 Å². The van der Waals surface area contributed by atoms with Gasteiger partial charge in [-0.15, -0.1) is 0 Å².